The van der Waals surface area contributed by atoms with Crippen molar-refractivity contribution < 1.29 is 0 Å². The van der Waals surface area contributed by atoms with E-state index in [1.807, 2.05) is 47.9 Å². The van der Waals surface area contributed by atoms with Crippen LogP contribution in [0.1, 0.15) is 11.5 Å². The highest BCUT2D eigenvalue weighted by Crippen LogP contribution is 2.17. The fourth-order valence-electron chi connectivity index (χ4n) is 2.03. The molecule has 0 atom stereocenters. The number of rotatable bonds is 3. The molecule has 0 fully saturated rings. The minimum Gasteiger partial charge on any atom is -0.294 e. The third-order valence-corrected chi connectivity index (χ3v) is 3.26. The van der Waals surface area contributed by atoms with E-state index in [0.717, 1.165) is 22.9 Å². The van der Waals surface area contributed by atoms with E-state index in [1.54, 1.807) is 6.20 Å². The molecule has 6 heteroatoms. The Bertz CT molecular complexity index is 776. The lowest BCUT2D eigenvalue weighted by atomic mass is 10.2. The Balaban J connectivity index is 2.02. The van der Waals surface area contributed by atoms with Crippen LogP contribution in [0.5, 0.6) is 0 Å². The molecule has 3 rings (SSSR count). The van der Waals surface area contributed by atoms with E-state index in [4.69, 9.17) is 12.2 Å². The summed E-state index contributed by atoms with van der Waals surface area (Å²) in [6.07, 6.45) is 1.75. The first kappa shape index (κ1) is 12.7. The second-order valence-corrected chi connectivity index (χ2v) is 4.79. The smallest absolute Gasteiger partial charge is 0.195 e. The third kappa shape index (κ3) is 2.50. The molecule has 0 spiro atoms. The quantitative estimate of drug-likeness (QED) is 0.751. The van der Waals surface area contributed by atoms with Crippen molar-refractivity contribution in [3.05, 3.63) is 58.9 Å². The van der Waals surface area contributed by atoms with E-state index in [1.165, 1.54) is 0 Å². The van der Waals surface area contributed by atoms with Crippen molar-refractivity contribution in [2.24, 2.45) is 0 Å². The van der Waals surface area contributed by atoms with E-state index in [2.05, 4.69) is 20.2 Å². The highest BCUT2D eigenvalue weighted by molar-refractivity contribution is 7.71. The van der Waals surface area contributed by atoms with Crippen LogP contribution in [0.3, 0.4) is 0 Å². The van der Waals surface area contributed by atoms with Crippen LogP contribution < -0.4 is 0 Å². The largest absolute Gasteiger partial charge is 0.294 e. The number of nitrogens with zero attached hydrogens (tertiary/aromatic N) is 4. The lowest BCUT2D eigenvalue weighted by Gasteiger charge is -2.06. The Labute approximate surface area is 121 Å². The normalized spacial score (nSPS) is 10.7. The van der Waals surface area contributed by atoms with Gasteiger partial charge in [-0.05, 0) is 25.2 Å². The number of aryl methyl sites for hydroxylation is 1. The van der Waals surface area contributed by atoms with Crippen molar-refractivity contribution in [1.82, 2.24) is 24.7 Å². The van der Waals surface area contributed by atoms with Gasteiger partial charge in [-0.15, -0.1) is 0 Å². The van der Waals surface area contributed by atoms with Crippen molar-refractivity contribution in [3.63, 3.8) is 0 Å². The highest BCUT2D eigenvalue weighted by Gasteiger charge is 2.09. The second kappa shape index (κ2) is 5.34. The number of hydrogen-bond donors (Lipinski definition) is 1. The minimum absolute atomic E-state index is 0.572. The first-order valence-corrected chi connectivity index (χ1v) is 6.64. The van der Waals surface area contributed by atoms with Gasteiger partial charge < -0.3 is 0 Å². The molecule has 0 amide bonds. The average Bonchev–Trinajstić information content (AvgIpc) is 2.81. The number of nitrogens with one attached hydrogen (secondary N) is 1. The molecule has 0 radical (unpaired) electrons. The number of aromatic nitrogens is 5. The van der Waals surface area contributed by atoms with Crippen LogP contribution in [-0.4, -0.2) is 24.7 Å². The average molecular weight is 283 g/mol. The lowest BCUT2D eigenvalue weighted by Crippen LogP contribution is -2.05. The number of hydrogen-bond acceptors (Lipinski definition) is 4. The standard InChI is InChI=1S/C14H13N5S/c1-10-15-8-7-12(16-10)9-19-13(17-18-14(19)20)11-5-3-2-4-6-11/h2-8H,9H2,1H3,(H,18,20). The predicted octanol–water partition coefficient (Wildman–Crippen LogP) is 2.75. The molecule has 0 saturated carbocycles. The van der Waals surface area contributed by atoms with Crippen molar-refractivity contribution in [3.8, 4) is 11.4 Å². The molecule has 20 heavy (non-hydrogen) atoms. The Morgan fingerprint density at radius 3 is 2.75 bits per heavy atom. The Hall–Kier alpha value is -2.34. The molecule has 0 aliphatic rings. The first-order chi connectivity index (χ1) is 9.74. The van der Waals surface area contributed by atoms with Gasteiger partial charge in [0, 0.05) is 11.8 Å². The maximum Gasteiger partial charge on any atom is 0.195 e. The van der Waals surface area contributed by atoms with Crippen LogP contribution >= 0.6 is 12.2 Å². The van der Waals surface area contributed by atoms with E-state index < -0.39 is 0 Å². The van der Waals surface area contributed by atoms with E-state index in [9.17, 15) is 0 Å². The Kier molecular flexibility index (Phi) is 3.39. The summed E-state index contributed by atoms with van der Waals surface area (Å²) in [7, 11) is 0. The summed E-state index contributed by atoms with van der Waals surface area (Å²) >= 11 is 5.31. The molecule has 0 saturated heterocycles. The molecule has 100 valence electrons. The van der Waals surface area contributed by atoms with Gasteiger partial charge in [0.15, 0.2) is 10.6 Å². The fourth-order valence-corrected chi connectivity index (χ4v) is 2.22. The number of H-pyrrole nitrogens is 1. The van der Waals surface area contributed by atoms with Crippen LogP contribution in [0, 0.1) is 11.7 Å². The SMILES string of the molecule is Cc1nccc(Cn2c(-c3ccccc3)n[nH]c2=S)n1. The van der Waals surface area contributed by atoms with Gasteiger partial charge in [-0.25, -0.2) is 9.97 Å². The lowest BCUT2D eigenvalue weighted by molar-refractivity contribution is 0.757. The topological polar surface area (TPSA) is 59.4 Å². The van der Waals surface area contributed by atoms with Gasteiger partial charge >= 0.3 is 0 Å². The molecular formula is C14H13N5S. The maximum atomic E-state index is 5.31. The summed E-state index contributed by atoms with van der Waals surface area (Å²) in [4.78, 5) is 8.51. The third-order valence-electron chi connectivity index (χ3n) is 2.94. The van der Waals surface area contributed by atoms with Gasteiger partial charge in [-0.3, -0.25) is 9.67 Å². The van der Waals surface area contributed by atoms with E-state index >= 15 is 0 Å². The second-order valence-electron chi connectivity index (χ2n) is 4.40. The molecule has 0 aliphatic carbocycles. The molecule has 2 aromatic heterocycles. The minimum atomic E-state index is 0.572. The van der Waals surface area contributed by atoms with Crippen LogP contribution in [0.2, 0.25) is 0 Å². The molecule has 1 N–H and O–H groups in total. The zero-order valence-electron chi connectivity index (χ0n) is 10.9. The molecule has 0 bridgehead atoms. The monoisotopic (exact) mass is 283 g/mol. The number of benzene rings is 1. The zero-order chi connectivity index (χ0) is 13.9. The van der Waals surface area contributed by atoms with Gasteiger partial charge in [0.05, 0.1) is 12.2 Å². The van der Waals surface area contributed by atoms with Gasteiger partial charge in [0.1, 0.15) is 5.82 Å². The van der Waals surface area contributed by atoms with Crippen LogP contribution in [-0.2, 0) is 6.54 Å². The van der Waals surface area contributed by atoms with Crippen molar-refractivity contribution in [2.45, 2.75) is 13.5 Å². The van der Waals surface area contributed by atoms with E-state index in [0.29, 0.717) is 11.3 Å². The molecule has 0 aliphatic heterocycles. The van der Waals surface area contributed by atoms with Crippen LogP contribution in [0.25, 0.3) is 11.4 Å². The summed E-state index contributed by atoms with van der Waals surface area (Å²) in [6, 6.07) is 11.8. The summed E-state index contributed by atoms with van der Waals surface area (Å²) in [6.45, 7) is 2.44. The molecule has 0 unspecified atom stereocenters. The summed E-state index contributed by atoms with van der Waals surface area (Å²) in [5, 5.41) is 7.15. The number of aromatic amines is 1. The van der Waals surface area contributed by atoms with E-state index in [-0.39, 0.29) is 0 Å². The molecule has 2 heterocycles. The molecule has 3 aromatic rings. The zero-order valence-corrected chi connectivity index (χ0v) is 11.8. The summed E-state index contributed by atoms with van der Waals surface area (Å²) < 4.78 is 2.52. The Morgan fingerprint density at radius 1 is 1.20 bits per heavy atom. The van der Waals surface area contributed by atoms with Crippen molar-refractivity contribution in [1.29, 1.82) is 0 Å². The van der Waals surface area contributed by atoms with Crippen molar-refractivity contribution >= 4 is 12.2 Å². The van der Waals surface area contributed by atoms with Gasteiger partial charge in [-0.1, -0.05) is 30.3 Å². The van der Waals surface area contributed by atoms with Crippen molar-refractivity contribution in [2.75, 3.05) is 0 Å². The van der Waals surface area contributed by atoms with Crippen LogP contribution in [0.4, 0.5) is 0 Å². The van der Waals surface area contributed by atoms with Crippen LogP contribution in [0.15, 0.2) is 42.6 Å². The Morgan fingerprint density at radius 2 is 2.00 bits per heavy atom. The maximum absolute atomic E-state index is 5.31. The summed E-state index contributed by atoms with van der Waals surface area (Å²) in [5.74, 6) is 1.56. The molecule has 5 nitrogen and oxygen atoms in total. The van der Waals surface area contributed by atoms with Gasteiger partial charge in [-0.2, -0.15) is 5.10 Å². The first-order valence-electron chi connectivity index (χ1n) is 6.23. The van der Waals surface area contributed by atoms with Gasteiger partial charge in [0.2, 0.25) is 0 Å². The molecular weight excluding hydrogens is 270 g/mol. The molecule has 1 aromatic carbocycles. The highest BCUT2D eigenvalue weighted by atomic mass is 32.1. The summed E-state index contributed by atoms with van der Waals surface area (Å²) in [5.41, 5.74) is 1.93. The van der Waals surface area contributed by atoms with Gasteiger partial charge in [0.25, 0.3) is 0 Å². The predicted molar refractivity (Wildman–Crippen MR) is 78.7 cm³/mol. The fraction of sp³-hybridized carbons (Fsp3) is 0.143.